The number of carbonyl (C=O) groups excluding carboxylic acids is 1. The summed E-state index contributed by atoms with van der Waals surface area (Å²) in [5.41, 5.74) is -0.209. The summed E-state index contributed by atoms with van der Waals surface area (Å²) in [6, 6.07) is 3.00. The van der Waals surface area contributed by atoms with E-state index in [0.717, 1.165) is 0 Å². The second-order valence-corrected chi connectivity index (χ2v) is 2.84. The van der Waals surface area contributed by atoms with E-state index in [9.17, 15) is 9.59 Å². The van der Waals surface area contributed by atoms with E-state index in [1.54, 1.807) is 19.1 Å². The van der Waals surface area contributed by atoms with Crippen molar-refractivity contribution in [2.24, 2.45) is 0 Å². The van der Waals surface area contributed by atoms with Crippen LogP contribution in [0.4, 0.5) is 0 Å². The van der Waals surface area contributed by atoms with E-state index in [1.807, 2.05) is 0 Å². The summed E-state index contributed by atoms with van der Waals surface area (Å²) in [5.74, 6) is -1.74. The van der Waals surface area contributed by atoms with E-state index < -0.39 is 11.9 Å². The average molecular weight is 221 g/mol. The van der Waals surface area contributed by atoms with Crippen LogP contribution in [-0.2, 0) is 4.79 Å². The SMILES string of the molecule is CC=CC=C(NC(=O)c1ccco1)C(=O)O. The molecular weight excluding hydrogens is 210 g/mol. The second-order valence-electron chi connectivity index (χ2n) is 2.84. The monoisotopic (exact) mass is 221 g/mol. The Kier molecular flexibility index (Phi) is 4.08. The topological polar surface area (TPSA) is 79.5 Å². The Morgan fingerprint density at radius 3 is 2.75 bits per heavy atom. The molecule has 0 fully saturated rings. The first-order valence-corrected chi connectivity index (χ1v) is 4.56. The lowest BCUT2D eigenvalue weighted by molar-refractivity contribution is -0.133. The summed E-state index contributed by atoms with van der Waals surface area (Å²) in [6.07, 6.45) is 5.81. The minimum atomic E-state index is -1.21. The van der Waals surface area contributed by atoms with Gasteiger partial charge in [0.25, 0.3) is 5.91 Å². The van der Waals surface area contributed by atoms with Crippen LogP contribution < -0.4 is 5.32 Å². The number of rotatable bonds is 4. The number of nitrogens with one attached hydrogen (secondary N) is 1. The molecule has 5 nitrogen and oxygen atoms in total. The van der Waals surface area contributed by atoms with Gasteiger partial charge in [-0.15, -0.1) is 0 Å². The van der Waals surface area contributed by atoms with Crippen LogP contribution in [0.1, 0.15) is 17.5 Å². The Morgan fingerprint density at radius 1 is 1.50 bits per heavy atom. The fourth-order valence-electron chi connectivity index (χ4n) is 0.951. The van der Waals surface area contributed by atoms with Crippen LogP contribution in [0, 0.1) is 0 Å². The smallest absolute Gasteiger partial charge is 0.352 e. The van der Waals surface area contributed by atoms with Gasteiger partial charge in [0.05, 0.1) is 6.26 Å². The van der Waals surface area contributed by atoms with Crippen LogP contribution in [0.2, 0.25) is 0 Å². The molecule has 0 aliphatic carbocycles. The molecule has 84 valence electrons. The standard InChI is InChI=1S/C11H11NO4/c1-2-3-5-8(11(14)15)12-10(13)9-6-4-7-16-9/h2-7H,1H3,(H,12,13)(H,14,15). The first-order chi connectivity index (χ1) is 7.65. The van der Waals surface area contributed by atoms with Gasteiger partial charge in [-0.05, 0) is 25.1 Å². The van der Waals surface area contributed by atoms with Crippen molar-refractivity contribution in [3.05, 3.63) is 48.1 Å². The van der Waals surface area contributed by atoms with Crippen molar-refractivity contribution in [3.63, 3.8) is 0 Å². The molecule has 0 radical (unpaired) electrons. The van der Waals surface area contributed by atoms with Crippen molar-refractivity contribution in [1.82, 2.24) is 5.32 Å². The summed E-state index contributed by atoms with van der Waals surface area (Å²) >= 11 is 0. The first-order valence-electron chi connectivity index (χ1n) is 4.56. The minimum Gasteiger partial charge on any atom is -0.477 e. The third kappa shape index (κ3) is 3.13. The lowest BCUT2D eigenvalue weighted by Crippen LogP contribution is -2.26. The van der Waals surface area contributed by atoms with E-state index in [4.69, 9.17) is 9.52 Å². The van der Waals surface area contributed by atoms with Gasteiger partial charge in [-0.3, -0.25) is 4.79 Å². The molecule has 1 rings (SSSR count). The van der Waals surface area contributed by atoms with Crippen LogP contribution in [0.3, 0.4) is 0 Å². The zero-order valence-corrected chi connectivity index (χ0v) is 8.64. The molecule has 1 heterocycles. The van der Waals surface area contributed by atoms with Crippen LogP contribution in [-0.4, -0.2) is 17.0 Å². The minimum absolute atomic E-state index is 0.0626. The number of allylic oxidation sites excluding steroid dienone is 3. The van der Waals surface area contributed by atoms with Crippen LogP contribution in [0.15, 0.2) is 46.7 Å². The van der Waals surface area contributed by atoms with Crippen molar-refractivity contribution in [2.75, 3.05) is 0 Å². The third-order valence-corrected chi connectivity index (χ3v) is 1.68. The van der Waals surface area contributed by atoms with Gasteiger partial charge in [-0.1, -0.05) is 12.2 Å². The van der Waals surface area contributed by atoms with Crippen molar-refractivity contribution in [1.29, 1.82) is 0 Å². The van der Waals surface area contributed by atoms with Gasteiger partial charge in [-0.25, -0.2) is 4.79 Å². The van der Waals surface area contributed by atoms with Gasteiger partial charge in [0.15, 0.2) is 5.76 Å². The highest BCUT2D eigenvalue weighted by molar-refractivity contribution is 5.99. The Bertz CT molecular complexity index is 429. The molecule has 16 heavy (non-hydrogen) atoms. The zero-order chi connectivity index (χ0) is 12.0. The van der Waals surface area contributed by atoms with Gasteiger partial charge in [0.2, 0.25) is 0 Å². The molecule has 1 amide bonds. The Labute approximate surface area is 92.1 Å². The van der Waals surface area contributed by atoms with E-state index >= 15 is 0 Å². The number of aliphatic carboxylic acids is 1. The lowest BCUT2D eigenvalue weighted by atomic mass is 10.3. The van der Waals surface area contributed by atoms with E-state index in [1.165, 1.54) is 24.5 Å². The number of carboxylic acid groups (broad SMARTS) is 1. The van der Waals surface area contributed by atoms with Crippen LogP contribution >= 0.6 is 0 Å². The molecule has 0 aromatic carbocycles. The largest absolute Gasteiger partial charge is 0.477 e. The number of carboxylic acids is 1. The highest BCUT2D eigenvalue weighted by Crippen LogP contribution is 2.01. The highest BCUT2D eigenvalue weighted by atomic mass is 16.4. The maximum absolute atomic E-state index is 11.5. The maximum Gasteiger partial charge on any atom is 0.352 e. The summed E-state index contributed by atoms with van der Waals surface area (Å²) in [4.78, 5) is 22.2. The van der Waals surface area contributed by atoms with Crippen molar-refractivity contribution >= 4 is 11.9 Å². The molecule has 0 saturated carbocycles. The highest BCUT2D eigenvalue weighted by Gasteiger charge is 2.13. The number of amides is 1. The third-order valence-electron chi connectivity index (χ3n) is 1.68. The van der Waals surface area contributed by atoms with Gasteiger partial charge in [0, 0.05) is 0 Å². The summed E-state index contributed by atoms with van der Waals surface area (Å²) in [5, 5.41) is 11.0. The van der Waals surface area contributed by atoms with Crippen LogP contribution in [0.5, 0.6) is 0 Å². The number of furan rings is 1. The number of carbonyl (C=O) groups is 2. The molecular formula is C11H11NO4. The molecule has 5 heteroatoms. The Morgan fingerprint density at radius 2 is 2.25 bits per heavy atom. The Hall–Kier alpha value is -2.30. The Balaban J connectivity index is 2.77. The number of hydrogen-bond acceptors (Lipinski definition) is 3. The van der Waals surface area contributed by atoms with E-state index in [2.05, 4.69) is 5.32 Å². The fourth-order valence-corrected chi connectivity index (χ4v) is 0.951. The number of hydrogen-bond donors (Lipinski definition) is 2. The van der Waals surface area contributed by atoms with Crippen molar-refractivity contribution < 1.29 is 19.1 Å². The van der Waals surface area contributed by atoms with Crippen LogP contribution in [0.25, 0.3) is 0 Å². The maximum atomic E-state index is 11.5. The fraction of sp³-hybridized carbons (Fsp3) is 0.0909. The normalized spacial score (nSPS) is 11.7. The van der Waals surface area contributed by atoms with Gasteiger partial charge < -0.3 is 14.8 Å². The zero-order valence-electron chi connectivity index (χ0n) is 8.64. The molecule has 0 aliphatic heterocycles. The molecule has 0 aliphatic rings. The lowest BCUT2D eigenvalue weighted by Gasteiger charge is -2.02. The van der Waals surface area contributed by atoms with Gasteiger partial charge >= 0.3 is 5.97 Å². The predicted molar refractivity (Wildman–Crippen MR) is 56.7 cm³/mol. The van der Waals surface area contributed by atoms with E-state index in [-0.39, 0.29) is 11.5 Å². The predicted octanol–water partition coefficient (Wildman–Crippen LogP) is 1.55. The first kappa shape index (κ1) is 11.8. The summed E-state index contributed by atoms with van der Waals surface area (Å²) in [7, 11) is 0. The second kappa shape index (κ2) is 5.55. The molecule has 0 atom stereocenters. The molecule has 0 spiro atoms. The van der Waals surface area contributed by atoms with Crippen molar-refractivity contribution in [3.8, 4) is 0 Å². The van der Waals surface area contributed by atoms with Gasteiger partial charge in [0.1, 0.15) is 5.70 Å². The average Bonchev–Trinajstić information content (AvgIpc) is 2.76. The molecule has 0 saturated heterocycles. The summed E-state index contributed by atoms with van der Waals surface area (Å²) < 4.78 is 4.83. The molecule has 1 aromatic heterocycles. The molecule has 0 bridgehead atoms. The molecule has 0 unspecified atom stereocenters. The molecule has 2 N–H and O–H groups in total. The summed E-state index contributed by atoms with van der Waals surface area (Å²) in [6.45, 7) is 1.74. The van der Waals surface area contributed by atoms with Crippen molar-refractivity contribution in [2.45, 2.75) is 6.92 Å². The molecule has 1 aromatic rings. The van der Waals surface area contributed by atoms with Gasteiger partial charge in [-0.2, -0.15) is 0 Å². The quantitative estimate of drug-likeness (QED) is 0.597. The van der Waals surface area contributed by atoms with E-state index in [0.29, 0.717) is 0 Å².